The van der Waals surface area contributed by atoms with Crippen molar-refractivity contribution in [3.63, 3.8) is 0 Å². The molecular formula is C66H84N16O13. The highest BCUT2D eigenvalue weighted by Crippen LogP contribution is 2.24. The van der Waals surface area contributed by atoms with E-state index in [1.54, 1.807) is 74.6 Å². The first-order valence-electron chi connectivity index (χ1n) is 31.0. The second-order valence-electron chi connectivity index (χ2n) is 23.5. The number of aromatic hydroxyl groups is 1. The van der Waals surface area contributed by atoms with E-state index in [9.17, 15) is 62.6 Å². The molecule has 11 amide bonds. The average Bonchev–Trinajstić information content (AvgIpc) is 1.72. The zero-order chi connectivity index (χ0) is 69.6. The molecule has 0 aliphatic carbocycles. The summed E-state index contributed by atoms with van der Waals surface area (Å²) in [6.45, 7) is 6.92. The Kier molecular flexibility index (Phi) is 26.8. The number of phenolic OH excluding ortho intramolecular Hbond substituents is 1. The third-order valence-electron chi connectivity index (χ3n) is 15.8. The first kappa shape index (κ1) is 73.2. The summed E-state index contributed by atoms with van der Waals surface area (Å²) in [5.41, 5.74) is 31.5. The van der Waals surface area contributed by atoms with Crippen molar-refractivity contribution < 1.29 is 62.6 Å². The molecule has 0 aliphatic heterocycles. The Morgan fingerprint density at radius 1 is 0.600 bits per heavy atom. The lowest BCUT2D eigenvalue weighted by Crippen LogP contribution is -2.62. The Balaban J connectivity index is 1.29. The van der Waals surface area contributed by atoms with Crippen LogP contribution < -0.4 is 65.9 Å². The molecule has 0 saturated heterocycles. The van der Waals surface area contributed by atoms with Crippen molar-refractivity contribution in [1.82, 2.24) is 57.1 Å². The standard InChI is InChI=1S/C66H84N16O13/c1-6-7-16-46(58(71)87)76-62(91)48(28-38-13-9-8-10-14-38)79-65(94)56(54(57(86)36(4)68)50-33-72-34-74-50)81-64(93)55(35(2)3)80-59(88)37(5)75-61(90)49(30-41-32-73-45-17-12-11-15-44(41)45)78-60(89)47(26-27-52(70)84)77-63(92)51(29-39-18-24-43(83)25-19-39)82(53(85)31-67)66(95)40-20-22-42(69)23-21-40/h8-15,17-25,32-37,46-49,51,54-56,73,83H,6-7,16,26-31,67-69H2,1-5H3,(H2,70,84)(H2,71,87)(H,72,74)(H,75,90)(H,76,91)(H,77,92)(H,78,89)(H,79,94)(H,80,88)(H,81,93)/t36-,37-,46-,47-,48-,49-,51+,54?,55-,56-/m0/s1. The lowest BCUT2D eigenvalue weighted by atomic mass is 9.87. The molecule has 0 radical (unpaired) electrons. The van der Waals surface area contributed by atoms with Gasteiger partial charge in [0.2, 0.25) is 59.1 Å². The largest absolute Gasteiger partial charge is 0.508 e. The van der Waals surface area contributed by atoms with Crippen molar-refractivity contribution in [2.75, 3.05) is 12.3 Å². The van der Waals surface area contributed by atoms with E-state index < -0.39 is 156 Å². The Morgan fingerprint density at radius 2 is 1.18 bits per heavy atom. The van der Waals surface area contributed by atoms with Crippen LogP contribution in [0.4, 0.5) is 5.69 Å². The van der Waals surface area contributed by atoms with E-state index >= 15 is 0 Å². The number of hydrogen-bond donors (Lipinski definition) is 15. The summed E-state index contributed by atoms with van der Waals surface area (Å²) in [5.74, 6) is -13.8. The number of para-hydroxylation sites is 1. The van der Waals surface area contributed by atoms with E-state index in [0.717, 1.165) is 0 Å². The highest BCUT2D eigenvalue weighted by Gasteiger charge is 2.43. The summed E-state index contributed by atoms with van der Waals surface area (Å²) in [6, 6.07) is 12.9. The van der Waals surface area contributed by atoms with Crippen molar-refractivity contribution in [1.29, 1.82) is 0 Å². The van der Waals surface area contributed by atoms with Crippen molar-refractivity contribution in [2.24, 2.45) is 28.9 Å². The molecule has 0 fully saturated rings. The number of nitrogens with zero attached hydrogens (tertiary/aromatic N) is 2. The van der Waals surface area contributed by atoms with Crippen LogP contribution in [-0.2, 0) is 72.0 Å². The molecule has 2 aromatic heterocycles. The second kappa shape index (κ2) is 34.7. The monoisotopic (exact) mass is 1310 g/mol. The number of anilines is 1. The number of unbranched alkanes of at least 4 members (excludes halogenated alkanes) is 1. The molecule has 29 heteroatoms. The third-order valence-corrected chi connectivity index (χ3v) is 15.8. The molecular weight excluding hydrogens is 1220 g/mol. The van der Waals surface area contributed by atoms with Crippen LogP contribution in [0.1, 0.15) is 105 Å². The number of imidazole rings is 1. The fourth-order valence-electron chi connectivity index (χ4n) is 10.5. The van der Waals surface area contributed by atoms with E-state index in [4.69, 9.17) is 28.7 Å². The maximum absolute atomic E-state index is 14.9. The van der Waals surface area contributed by atoms with Crippen LogP contribution in [0.25, 0.3) is 10.9 Å². The zero-order valence-electron chi connectivity index (χ0n) is 53.4. The van der Waals surface area contributed by atoms with E-state index in [1.165, 1.54) is 74.9 Å². The van der Waals surface area contributed by atoms with Gasteiger partial charge >= 0.3 is 0 Å². The number of primary amides is 2. The molecule has 6 aromatic rings. The van der Waals surface area contributed by atoms with E-state index in [-0.39, 0.29) is 48.4 Å². The number of carbonyl (C=O) groups is 12. The summed E-state index contributed by atoms with van der Waals surface area (Å²) >= 11 is 0. The van der Waals surface area contributed by atoms with Gasteiger partial charge in [-0.05, 0) is 91.8 Å². The maximum atomic E-state index is 14.9. The van der Waals surface area contributed by atoms with Crippen LogP contribution in [0.3, 0.4) is 0 Å². The van der Waals surface area contributed by atoms with Crippen LogP contribution >= 0.6 is 0 Å². The van der Waals surface area contributed by atoms with Gasteiger partial charge in [0.05, 0.1) is 24.8 Å². The topological polar surface area (TPSA) is 487 Å². The minimum atomic E-state index is -1.87. The van der Waals surface area contributed by atoms with Crippen LogP contribution in [0, 0.1) is 5.92 Å². The number of nitrogens with two attached hydrogens (primary N) is 5. The SMILES string of the molecule is CCCC[C@H](NC(=O)[C@H](Cc1ccccc1)NC(=O)[C@@H](NC(=O)[C@@H](NC(=O)[C@H](C)NC(=O)[C@H](Cc1c[nH]c2ccccc12)NC(=O)[C@H](CCC(N)=O)NC(=O)[C@@H](Cc1ccc(O)cc1)N(C(=O)CN)C(=O)c1ccc(N)cc1)C(C)C)C(C(=O)[C@H](C)N)c1cnc[nH]1)C(N)=O. The third kappa shape index (κ3) is 20.6. The van der Waals surface area contributed by atoms with Crippen molar-refractivity contribution in [3.8, 4) is 5.75 Å². The normalized spacial score (nSPS) is 14.4. The van der Waals surface area contributed by atoms with Gasteiger partial charge < -0.3 is 81.0 Å². The van der Waals surface area contributed by atoms with Crippen molar-refractivity contribution >= 4 is 87.4 Å². The van der Waals surface area contributed by atoms with Crippen LogP contribution in [0.2, 0.25) is 0 Å². The Hall–Kier alpha value is -10.8. The number of rotatable bonds is 35. The first-order chi connectivity index (χ1) is 45.2. The number of phenols is 1. The molecule has 29 nitrogen and oxygen atoms in total. The lowest BCUT2D eigenvalue weighted by Gasteiger charge is -2.31. The number of nitrogens with one attached hydrogen (secondary N) is 9. The predicted octanol–water partition coefficient (Wildman–Crippen LogP) is -0.0864. The lowest BCUT2D eigenvalue weighted by molar-refractivity contribution is -0.138. The first-order valence-corrected chi connectivity index (χ1v) is 31.0. The number of fused-ring (bicyclic) bond motifs is 1. The van der Waals surface area contributed by atoms with Gasteiger partial charge in [-0.15, -0.1) is 0 Å². The Morgan fingerprint density at radius 3 is 1.79 bits per heavy atom. The molecule has 2 heterocycles. The number of aromatic nitrogens is 3. The fourth-order valence-corrected chi connectivity index (χ4v) is 10.5. The Bertz CT molecular complexity index is 3670. The molecule has 1 unspecified atom stereocenters. The highest BCUT2D eigenvalue weighted by molar-refractivity contribution is 6.09. The van der Waals surface area contributed by atoms with Gasteiger partial charge in [0, 0.05) is 65.9 Å². The van der Waals surface area contributed by atoms with Crippen molar-refractivity contribution in [2.45, 2.75) is 146 Å². The van der Waals surface area contributed by atoms with E-state index in [2.05, 4.69) is 52.2 Å². The van der Waals surface area contributed by atoms with Gasteiger partial charge in [0.25, 0.3) is 5.91 Å². The number of aromatic amines is 2. The number of amides is 11. The average molecular weight is 1310 g/mol. The number of imide groups is 1. The van der Waals surface area contributed by atoms with Gasteiger partial charge in [-0.2, -0.15) is 0 Å². The Labute approximate surface area is 548 Å². The molecule has 20 N–H and O–H groups in total. The minimum absolute atomic E-state index is 0.0462. The number of ketones is 1. The molecule has 6 rings (SSSR count). The molecule has 10 atom stereocenters. The van der Waals surface area contributed by atoms with Crippen molar-refractivity contribution in [3.05, 3.63) is 150 Å². The minimum Gasteiger partial charge on any atom is -0.508 e. The van der Waals surface area contributed by atoms with Gasteiger partial charge in [0.1, 0.15) is 54.1 Å². The fraction of sp³-hybridized carbons (Fsp3) is 0.379. The summed E-state index contributed by atoms with van der Waals surface area (Å²) < 4.78 is 0. The van der Waals surface area contributed by atoms with Gasteiger partial charge in [0.15, 0.2) is 5.78 Å². The quantitative estimate of drug-likeness (QED) is 0.0231. The number of hydrogen-bond acceptors (Lipinski definition) is 17. The molecule has 0 aliphatic rings. The van der Waals surface area contributed by atoms with Crippen LogP contribution in [0.15, 0.2) is 122 Å². The summed E-state index contributed by atoms with van der Waals surface area (Å²) in [5, 5.41) is 29.1. The second-order valence-corrected chi connectivity index (χ2v) is 23.5. The molecule has 0 saturated carbocycles. The van der Waals surface area contributed by atoms with Gasteiger partial charge in [-0.1, -0.05) is 94.3 Å². The van der Waals surface area contributed by atoms with E-state index in [0.29, 0.717) is 45.3 Å². The molecule has 0 bridgehead atoms. The smallest absolute Gasteiger partial charge is 0.261 e. The summed E-state index contributed by atoms with van der Waals surface area (Å²) in [6.07, 6.45) is 3.75. The molecule has 0 spiro atoms. The number of H-pyrrole nitrogens is 2. The summed E-state index contributed by atoms with van der Waals surface area (Å²) in [7, 11) is 0. The zero-order valence-corrected chi connectivity index (χ0v) is 53.4. The maximum Gasteiger partial charge on any atom is 0.261 e. The molecule has 95 heavy (non-hydrogen) atoms. The molecule has 506 valence electrons. The highest BCUT2D eigenvalue weighted by atomic mass is 16.3. The van der Waals surface area contributed by atoms with Gasteiger partial charge in [-0.25, -0.2) is 4.98 Å². The predicted molar refractivity (Wildman–Crippen MR) is 350 cm³/mol. The van der Waals surface area contributed by atoms with Crippen LogP contribution in [0.5, 0.6) is 5.75 Å². The van der Waals surface area contributed by atoms with Gasteiger partial charge in [-0.3, -0.25) is 62.4 Å². The summed E-state index contributed by atoms with van der Waals surface area (Å²) in [4.78, 5) is 180. The number of nitrogen functional groups attached to an aromatic ring is 1. The van der Waals surface area contributed by atoms with Crippen LogP contribution in [-0.4, -0.2) is 157 Å². The number of carbonyl (C=O) groups excluding carboxylic acids is 12. The number of benzene rings is 4. The number of Topliss-reactive ketones (excluding diaryl/α,β-unsaturated/α-hetero) is 1. The molecule has 4 aromatic carbocycles. The van der Waals surface area contributed by atoms with E-state index in [1.807, 2.05) is 6.92 Å².